The van der Waals surface area contributed by atoms with Gasteiger partial charge < -0.3 is 10.1 Å². The van der Waals surface area contributed by atoms with Gasteiger partial charge in [0, 0.05) is 30.2 Å². The van der Waals surface area contributed by atoms with Crippen molar-refractivity contribution in [2.24, 2.45) is 7.05 Å². The molecule has 1 aliphatic heterocycles. The number of nitrogens with zero attached hydrogens (tertiary/aromatic N) is 4. The van der Waals surface area contributed by atoms with Crippen LogP contribution in [0.25, 0.3) is 22.2 Å². The number of aryl methyl sites for hydroxylation is 1. The Morgan fingerprint density at radius 1 is 1.19 bits per heavy atom. The van der Waals surface area contributed by atoms with E-state index in [2.05, 4.69) is 17.2 Å². The molecule has 0 saturated carbocycles. The number of nitrogens with two attached hydrogens (primary N) is 1. The normalized spacial score (nSPS) is 15.4. The molecule has 4 heterocycles. The lowest BCUT2D eigenvalue weighted by Crippen LogP contribution is -2.34. The van der Waals surface area contributed by atoms with Gasteiger partial charge in [0.25, 0.3) is 11.4 Å². The molecule has 0 bridgehead atoms. The summed E-state index contributed by atoms with van der Waals surface area (Å²) in [5, 5.41) is 4.16. The molecule has 1 atom stereocenters. The molecule has 0 fully saturated rings. The van der Waals surface area contributed by atoms with E-state index in [1.807, 2.05) is 54.2 Å². The van der Waals surface area contributed by atoms with Gasteiger partial charge in [0.15, 0.2) is 0 Å². The van der Waals surface area contributed by atoms with E-state index < -0.39 is 0 Å². The fourth-order valence-electron chi connectivity index (χ4n) is 3.69. The smallest absolute Gasteiger partial charge is 0.275 e. The summed E-state index contributed by atoms with van der Waals surface area (Å²) in [6.45, 7) is 2.73. The molecule has 8 heteroatoms. The minimum Gasteiger partial charge on any atom is -0.457 e. The molecule has 0 spiro atoms. The summed E-state index contributed by atoms with van der Waals surface area (Å²) >= 11 is 0. The number of pyridine rings is 2. The molecular weight excluding hydrogens is 392 g/mol. The Bertz CT molecular complexity index is 1360. The van der Waals surface area contributed by atoms with E-state index in [1.165, 1.54) is 0 Å². The molecule has 8 nitrogen and oxygen atoms in total. The Kier molecular flexibility index (Phi) is 4.54. The second-order valence-corrected chi connectivity index (χ2v) is 7.84. The third kappa shape index (κ3) is 3.56. The molecule has 3 aromatic heterocycles. The van der Waals surface area contributed by atoms with E-state index in [4.69, 9.17) is 15.5 Å². The largest absolute Gasteiger partial charge is 0.457 e. The number of ether oxygens (including phenoxy) is 1. The summed E-state index contributed by atoms with van der Waals surface area (Å²) in [7, 11) is 1.87. The summed E-state index contributed by atoms with van der Waals surface area (Å²) in [4.78, 5) is 22.1. The van der Waals surface area contributed by atoms with Crippen LogP contribution < -0.4 is 25.9 Å². The maximum absolute atomic E-state index is 13.0. The van der Waals surface area contributed by atoms with Crippen LogP contribution in [0.2, 0.25) is 0 Å². The first-order valence-electron chi connectivity index (χ1n) is 10.2. The Balaban J connectivity index is 1.47. The molecule has 3 N–H and O–H groups in total. The first kappa shape index (κ1) is 19.0. The van der Waals surface area contributed by atoms with Crippen LogP contribution in [-0.2, 0) is 13.6 Å². The maximum atomic E-state index is 13.0. The number of anilines is 2. The summed E-state index contributed by atoms with van der Waals surface area (Å²) in [6, 6.07) is 13.4. The number of nitrogen functional groups attached to an aromatic ring is 1. The molecule has 1 aliphatic rings. The predicted octanol–water partition coefficient (Wildman–Crippen LogP) is 2.86. The SMILES string of the molecule is CC1CCn2c(ncc(-c3ccc4cc(Oc5cc[n+](C)c(N)c5)ccc4n3)c2=O)N1. The third-order valence-corrected chi connectivity index (χ3v) is 5.54. The first-order valence-corrected chi connectivity index (χ1v) is 10.2. The van der Waals surface area contributed by atoms with E-state index in [9.17, 15) is 4.79 Å². The van der Waals surface area contributed by atoms with Crippen LogP contribution >= 0.6 is 0 Å². The highest BCUT2D eigenvalue weighted by Gasteiger charge is 2.19. The fraction of sp³-hybridized carbons (Fsp3) is 0.217. The average molecular weight is 415 g/mol. The number of benzene rings is 1. The number of aromatic nitrogens is 4. The zero-order chi connectivity index (χ0) is 21.5. The summed E-state index contributed by atoms with van der Waals surface area (Å²) < 4.78 is 9.43. The van der Waals surface area contributed by atoms with Crippen LogP contribution in [0.15, 0.2) is 59.7 Å². The summed E-state index contributed by atoms with van der Waals surface area (Å²) in [6.07, 6.45) is 4.34. The minimum atomic E-state index is -0.0777. The van der Waals surface area contributed by atoms with Gasteiger partial charge in [-0.1, -0.05) is 6.07 Å². The van der Waals surface area contributed by atoms with Crippen molar-refractivity contribution >= 4 is 22.7 Å². The van der Waals surface area contributed by atoms with Crippen LogP contribution in [0.4, 0.5) is 11.8 Å². The molecule has 0 aliphatic carbocycles. The monoisotopic (exact) mass is 415 g/mol. The highest BCUT2D eigenvalue weighted by Crippen LogP contribution is 2.27. The molecule has 0 amide bonds. The lowest BCUT2D eigenvalue weighted by molar-refractivity contribution is -0.656. The van der Waals surface area contributed by atoms with E-state index in [-0.39, 0.29) is 5.56 Å². The van der Waals surface area contributed by atoms with Crippen LogP contribution in [0.5, 0.6) is 11.5 Å². The molecule has 0 radical (unpaired) electrons. The highest BCUT2D eigenvalue weighted by molar-refractivity contribution is 5.82. The Labute approximate surface area is 179 Å². The number of fused-ring (bicyclic) bond motifs is 2. The number of hydrogen-bond acceptors (Lipinski definition) is 6. The second-order valence-electron chi connectivity index (χ2n) is 7.84. The van der Waals surface area contributed by atoms with Crippen LogP contribution in [0, 0.1) is 0 Å². The molecule has 4 aromatic rings. The van der Waals surface area contributed by atoms with E-state index in [0.29, 0.717) is 47.1 Å². The Morgan fingerprint density at radius 3 is 2.87 bits per heavy atom. The van der Waals surface area contributed by atoms with Gasteiger partial charge in [0.1, 0.15) is 11.5 Å². The summed E-state index contributed by atoms with van der Waals surface area (Å²) in [5.74, 6) is 2.58. The van der Waals surface area contributed by atoms with Crippen molar-refractivity contribution in [1.29, 1.82) is 0 Å². The molecule has 156 valence electrons. The van der Waals surface area contributed by atoms with E-state index >= 15 is 0 Å². The van der Waals surface area contributed by atoms with Gasteiger partial charge in [-0.15, -0.1) is 0 Å². The molecule has 31 heavy (non-hydrogen) atoms. The van der Waals surface area contributed by atoms with Gasteiger partial charge >= 0.3 is 0 Å². The quantitative estimate of drug-likeness (QED) is 0.499. The lowest BCUT2D eigenvalue weighted by Gasteiger charge is -2.24. The van der Waals surface area contributed by atoms with E-state index in [1.54, 1.807) is 16.8 Å². The first-order chi connectivity index (χ1) is 15.0. The Hall–Kier alpha value is -3.94. The molecule has 1 unspecified atom stereocenters. The van der Waals surface area contributed by atoms with E-state index in [0.717, 1.165) is 17.3 Å². The Morgan fingerprint density at radius 2 is 2.03 bits per heavy atom. The molecule has 1 aromatic carbocycles. The van der Waals surface area contributed by atoms with Crippen molar-refractivity contribution in [3.8, 4) is 22.8 Å². The number of nitrogens with one attached hydrogen (secondary N) is 1. The zero-order valence-electron chi connectivity index (χ0n) is 17.4. The fourth-order valence-corrected chi connectivity index (χ4v) is 3.69. The van der Waals surface area contributed by atoms with Crippen molar-refractivity contribution in [2.45, 2.75) is 25.9 Å². The highest BCUT2D eigenvalue weighted by atomic mass is 16.5. The standard InChI is InChI=1S/C23H22N6O2/c1-14-7-10-29-22(30)18(13-25-23(29)26-14)20-5-3-15-11-16(4-6-19(15)27-20)31-17-8-9-28(2)21(24)12-17/h3-6,8-9,11-14,24H,7,10H2,1-2H3,(H,25,26,27,30)/p+1. The van der Waals surface area contributed by atoms with Crippen molar-refractivity contribution < 1.29 is 9.30 Å². The minimum absolute atomic E-state index is 0.0777. The maximum Gasteiger partial charge on any atom is 0.275 e. The zero-order valence-corrected chi connectivity index (χ0v) is 17.4. The lowest BCUT2D eigenvalue weighted by atomic mass is 10.1. The van der Waals surface area contributed by atoms with Gasteiger partial charge in [0.05, 0.1) is 36.1 Å². The number of rotatable bonds is 3. The van der Waals surface area contributed by atoms with Gasteiger partial charge in [0.2, 0.25) is 5.95 Å². The van der Waals surface area contributed by atoms with Gasteiger partial charge in [-0.05, 0) is 37.6 Å². The van der Waals surface area contributed by atoms with Crippen molar-refractivity contribution in [1.82, 2.24) is 14.5 Å². The van der Waals surface area contributed by atoms with Crippen LogP contribution in [0.3, 0.4) is 0 Å². The topological polar surface area (TPSA) is 98.9 Å². The van der Waals surface area contributed by atoms with Crippen LogP contribution in [-0.4, -0.2) is 20.6 Å². The molecule has 0 saturated heterocycles. The van der Waals surface area contributed by atoms with Crippen molar-refractivity contribution in [2.75, 3.05) is 11.1 Å². The molecular formula is C23H23N6O2+. The van der Waals surface area contributed by atoms with Gasteiger partial charge in [-0.2, -0.15) is 0 Å². The molecule has 5 rings (SSSR count). The predicted molar refractivity (Wildman–Crippen MR) is 119 cm³/mol. The third-order valence-electron chi connectivity index (χ3n) is 5.54. The average Bonchev–Trinajstić information content (AvgIpc) is 2.76. The summed E-state index contributed by atoms with van der Waals surface area (Å²) in [5.41, 5.74) is 7.74. The van der Waals surface area contributed by atoms with Gasteiger partial charge in [-0.3, -0.25) is 15.1 Å². The number of hydrogen-bond donors (Lipinski definition) is 2. The van der Waals surface area contributed by atoms with Crippen molar-refractivity contribution in [3.05, 3.63) is 65.2 Å². The van der Waals surface area contributed by atoms with Crippen LogP contribution in [0.1, 0.15) is 13.3 Å². The van der Waals surface area contributed by atoms with Gasteiger partial charge in [-0.25, -0.2) is 14.5 Å². The van der Waals surface area contributed by atoms with Crippen molar-refractivity contribution in [3.63, 3.8) is 0 Å². The second kappa shape index (κ2) is 7.39.